The third kappa shape index (κ3) is 2.65. The van der Waals surface area contributed by atoms with Crippen LogP contribution in [-0.2, 0) is 16.4 Å². The Bertz CT molecular complexity index is 747. The SMILES string of the molecule is O=S(=O)(c1ccccn1)N(CCO)C1CCc2ccccc21. The van der Waals surface area contributed by atoms with Crippen LogP contribution in [-0.4, -0.2) is 36.0 Å². The summed E-state index contributed by atoms with van der Waals surface area (Å²) in [5.41, 5.74) is 2.20. The van der Waals surface area contributed by atoms with Crippen molar-refractivity contribution in [3.05, 3.63) is 59.8 Å². The molecule has 1 aromatic heterocycles. The van der Waals surface area contributed by atoms with Crippen LogP contribution < -0.4 is 0 Å². The molecule has 3 rings (SSSR count). The zero-order chi connectivity index (χ0) is 15.6. The van der Waals surface area contributed by atoms with E-state index in [0.717, 1.165) is 18.4 Å². The van der Waals surface area contributed by atoms with Crippen LogP contribution in [0.25, 0.3) is 0 Å². The zero-order valence-corrected chi connectivity index (χ0v) is 12.9. The van der Waals surface area contributed by atoms with Gasteiger partial charge in [0.25, 0.3) is 10.0 Å². The molecule has 0 radical (unpaired) electrons. The molecular formula is C16H18N2O3S. The number of hydrogen-bond donors (Lipinski definition) is 1. The minimum Gasteiger partial charge on any atom is -0.395 e. The normalized spacial score (nSPS) is 17.6. The van der Waals surface area contributed by atoms with E-state index in [-0.39, 0.29) is 24.2 Å². The van der Waals surface area contributed by atoms with Gasteiger partial charge in [-0.2, -0.15) is 4.31 Å². The van der Waals surface area contributed by atoms with Crippen molar-refractivity contribution in [3.8, 4) is 0 Å². The van der Waals surface area contributed by atoms with Crippen LogP contribution in [0.15, 0.2) is 53.7 Å². The highest BCUT2D eigenvalue weighted by atomic mass is 32.2. The molecule has 0 bridgehead atoms. The van der Waals surface area contributed by atoms with Crippen molar-refractivity contribution in [2.24, 2.45) is 0 Å². The van der Waals surface area contributed by atoms with E-state index in [4.69, 9.17) is 0 Å². The van der Waals surface area contributed by atoms with Crippen molar-refractivity contribution < 1.29 is 13.5 Å². The van der Waals surface area contributed by atoms with Gasteiger partial charge in [0, 0.05) is 12.7 Å². The van der Waals surface area contributed by atoms with Gasteiger partial charge in [-0.3, -0.25) is 0 Å². The summed E-state index contributed by atoms with van der Waals surface area (Å²) in [6.45, 7) is -0.150. The van der Waals surface area contributed by atoms with Crippen LogP contribution in [0.5, 0.6) is 0 Å². The Morgan fingerprint density at radius 3 is 2.68 bits per heavy atom. The van der Waals surface area contributed by atoms with Crippen LogP contribution >= 0.6 is 0 Å². The highest BCUT2D eigenvalue weighted by Gasteiger charge is 2.36. The summed E-state index contributed by atoms with van der Waals surface area (Å²) in [5.74, 6) is 0. The Balaban J connectivity index is 2.01. The molecule has 2 aromatic rings. The lowest BCUT2D eigenvalue weighted by Crippen LogP contribution is -2.36. The number of aliphatic hydroxyl groups is 1. The number of hydrogen-bond acceptors (Lipinski definition) is 4. The zero-order valence-electron chi connectivity index (χ0n) is 12.1. The predicted molar refractivity (Wildman–Crippen MR) is 82.7 cm³/mol. The van der Waals surface area contributed by atoms with Crippen LogP contribution in [0.1, 0.15) is 23.6 Å². The highest BCUT2D eigenvalue weighted by molar-refractivity contribution is 7.89. The molecule has 22 heavy (non-hydrogen) atoms. The number of fused-ring (bicyclic) bond motifs is 1. The Morgan fingerprint density at radius 1 is 1.18 bits per heavy atom. The van der Waals surface area contributed by atoms with Crippen molar-refractivity contribution in [2.45, 2.75) is 23.9 Å². The average molecular weight is 318 g/mol. The Kier molecular flexibility index (Phi) is 4.24. The molecule has 0 amide bonds. The first-order valence-corrected chi connectivity index (χ1v) is 8.70. The molecule has 1 atom stereocenters. The standard InChI is InChI=1S/C16H18N2O3S/c19-12-11-18(22(20,21)16-7-3-4-10-17-16)15-9-8-13-5-1-2-6-14(13)15/h1-7,10,15,19H,8-9,11-12H2. The molecule has 0 spiro atoms. The first-order chi connectivity index (χ1) is 10.6. The van der Waals surface area contributed by atoms with Gasteiger partial charge < -0.3 is 5.11 Å². The van der Waals surface area contributed by atoms with E-state index in [9.17, 15) is 13.5 Å². The Hall–Kier alpha value is -1.76. The summed E-state index contributed by atoms with van der Waals surface area (Å²) in [6.07, 6.45) is 3.04. The summed E-state index contributed by atoms with van der Waals surface area (Å²) in [7, 11) is -3.73. The third-order valence-corrected chi connectivity index (χ3v) is 5.80. The monoisotopic (exact) mass is 318 g/mol. The molecule has 6 heteroatoms. The number of sulfonamides is 1. The maximum absolute atomic E-state index is 12.9. The van der Waals surface area contributed by atoms with E-state index in [1.807, 2.05) is 24.3 Å². The highest BCUT2D eigenvalue weighted by Crippen LogP contribution is 2.37. The summed E-state index contributed by atoms with van der Waals surface area (Å²) < 4.78 is 27.1. The van der Waals surface area contributed by atoms with Gasteiger partial charge in [0.1, 0.15) is 0 Å². The number of pyridine rings is 1. The maximum atomic E-state index is 12.9. The summed E-state index contributed by atoms with van der Waals surface area (Å²) in [5, 5.41) is 9.35. The molecule has 116 valence electrons. The van der Waals surface area contributed by atoms with Gasteiger partial charge in [-0.25, -0.2) is 13.4 Å². The lowest BCUT2D eigenvalue weighted by atomic mass is 10.1. The van der Waals surface area contributed by atoms with Gasteiger partial charge in [-0.05, 0) is 36.1 Å². The largest absolute Gasteiger partial charge is 0.395 e. The van der Waals surface area contributed by atoms with E-state index >= 15 is 0 Å². The van der Waals surface area contributed by atoms with Crippen LogP contribution in [0.3, 0.4) is 0 Å². The lowest BCUT2D eigenvalue weighted by Gasteiger charge is -2.27. The van der Waals surface area contributed by atoms with E-state index in [1.54, 1.807) is 12.1 Å². The number of aryl methyl sites for hydroxylation is 1. The molecule has 0 saturated heterocycles. The summed E-state index contributed by atoms with van der Waals surface area (Å²) in [4.78, 5) is 3.97. The maximum Gasteiger partial charge on any atom is 0.261 e. The van der Waals surface area contributed by atoms with Gasteiger partial charge in [0.15, 0.2) is 5.03 Å². The van der Waals surface area contributed by atoms with Crippen LogP contribution in [0.4, 0.5) is 0 Å². The molecule has 0 saturated carbocycles. The van der Waals surface area contributed by atoms with Gasteiger partial charge >= 0.3 is 0 Å². The number of benzene rings is 1. The second kappa shape index (κ2) is 6.16. The molecule has 1 aliphatic carbocycles. The third-order valence-electron chi connectivity index (χ3n) is 3.98. The molecule has 1 unspecified atom stereocenters. The quantitative estimate of drug-likeness (QED) is 0.912. The van der Waals surface area contributed by atoms with Crippen molar-refractivity contribution in [3.63, 3.8) is 0 Å². The summed E-state index contributed by atoms with van der Waals surface area (Å²) >= 11 is 0. The minimum atomic E-state index is -3.73. The fourth-order valence-corrected chi connectivity index (χ4v) is 4.56. The van der Waals surface area contributed by atoms with E-state index in [2.05, 4.69) is 4.98 Å². The first kappa shape index (κ1) is 15.1. The predicted octanol–water partition coefficient (Wildman–Crippen LogP) is 1.75. The summed E-state index contributed by atoms with van der Waals surface area (Å²) in [6, 6.07) is 12.5. The number of nitrogens with zero attached hydrogens (tertiary/aromatic N) is 2. The van der Waals surface area contributed by atoms with Crippen molar-refractivity contribution in [1.82, 2.24) is 9.29 Å². The van der Waals surface area contributed by atoms with Crippen LogP contribution in [0.2, 0.25) is 0 Å². The van der Waals surface area contributed by atoms with Crippen molar-refractivity contribution in [2.75, 3.05) is 13.2 Å². The molecule has 5 nitrogen and oxygen atoms in total. The van der Waals surface area contributed by atoms with E-state index in [0.29, 0.717) is 0 Å². The molecular weight excluding hydrogens is 300 g/mol. The average Bonchev–Trinajstić information content (AvgIpc) is 2.97. The Morgan fingerprint density at radius 2 is 1.95 bits per heavy atom. The van der Waals surface area contributed by atoms with Gasteiger partial charge in [-0.1, -0.05) is 30.3 Å². The van der Waals surface area contributed by atoms with E-state index in [1.165, 1.54) is 22.1 Å². The molecule has 0 fully saturated rings. The van der Waals surface area contributed by atoms with Crippen molar-refractivity contribution in [1.29, 1.82) is 0 Å². The molecule has 1 aliphatic rings. The topological polar surface area (TPSA) is 70.5 Å². The fourth-order valence-electron chi connectivity index (χ4n) is 3.00. The van der Waals surface area contributed by atoms with Gasteiger partial charge in [-0.15, -0.1) is 0 Å². The molecule has 1 N–H and O–H groups in total. The second-order valence-electron chi connectivity index (χ2n) is 5.26. The second-order valence-corrected chi connectivity index (χ2v) is 7.10. The molecule has 1 heterocycles. The number of aliphatic hydroxyl groups excluding tert-OH is 1. The fraction of sp³-hybridized carbons (Fsp3) is 0.312. The Labute approximate surface area is 130 Å². The number of rotatable bonds is 5. The molecule has 1 aromatic carbocycles. The van der Waals surface area contributed by atoms with Gasteiger partial charge in [0.05, 0.1) is 12.6 Å². The van der Waals surface area contributed by atoms with Crippen molar-refractivity contribution >= 4 is 10.0 Å². The minimum absolute atomic E-state index is 0.0211. The van der Waals surface area contributed by atoms with Gasteiger partial charge in [0.2, 0.25) is 0 Å². The van der Waals surface area contributed by atoms with E-state index < -0.39 is 10.0 Å². The first-order valence-electron chi connectivity index (χ1n) is 7.26. The van der Waals surface area contributed by atoms with Crippen LogP contribution in [0, 0.1) is 0 Å². The molecule has 0 aliphatic heterocycles. The smallest absolute Gasteiger partial charge is 0.261 e. The number of aromatic nitrogens is 1. The lowest BCUT2D eigenvalue weighted by molar-refractivity contribution is 0.225.